The molecule has 1 aliphatic heterocycles. The molecule has 3 rings (SSSR count). The summed E-state index contributed by atoms with van der Waals surface area (Å²) in [4.78, 5) is 8.68. The van der Waals surface area contributed by atoms with Crippen LogP contribution in [-0.4, -0.2) is 52.7 Å². The molecule has 0 saturated carbocycles. The lowest BCUT2D eigenvalue weighted by Gasteiger charge is -2.13. The Morgan fingerprint density at radius 3 is 3.00 bits per heavy atom. The van der Waals surface area contributed by atoms with E-state index in [0.29, 0.717) is 30.4 Å². The molecule has 8 nitrogen and oxygen atoms in total. The van der Waals surface area contributed by atoms with Crippen LogP contribution in [0.4, 0.5) is 11.8 Å². The van der Waals surface area contributed by atoms with Crippen molar-refractivity contribution in [1.82, 2.24) is 20.2 Å². The molecule has 20 heavy (non-hydrogen) atoms. The first kappa shape index (κ1) is 13.1. The normalized spacial score (nSPS) is 21.1. The third-order valence-electron chi connectivity index (χ3n) is 3.22. The topological polar surface area (TPSA) is 113 Å². The number of nitrogens with zero attached hydrogens (tertiary/aromatic N) is 3. The van der Waals surface area contributed by atoms with E-state index in [1.165, 1.54) is 0 Å². The fraction of sp³-hybridized carbons (Fsp3) is 0.545. The van der Waals surface area contributed by atoms with Crippen LogP contribution in [0.2, 0.25) is 0 Å². The first-order valence-electron chi connectivity index (χ1n) is 6.49. The van der Waals surface area contributed by atoms with Gasteiger partial charge in [-0.05, 0) is 13.3 Å². The quantitative estimate of drug-likeness (QED) is 0.747. The number of aromatic nitrogens is 4. The van der Waals surface area contributed by atoms with Gasteiger partial charge in [-0.1, -0.05) is 0 Å². The van der Waals surface area contributed by atoms with Gasteiger partial charge in [-0.25, -0.2) is 8.42 Å². The van der Waals surface area contributed by atoms with Crippen LogP contribution in [0.15, 0.2) is 6.20 Å². The van der Waals surface area contributed by atoms with Crippen molar-refractivity contribution in [3.63, 3.8) is 0 Å². The zero-order valence-electron chi connectivity index (χ0n) is 11.0. The van der Waals surface area contributed by atoms with Crippen LogP contribution in [0.5, 0.6) is 0 Å². The average molecular weight is 296 g/mol. The van der Waals surface area contributed by atoms with Crippen molar-refractivity contribution in [2.75, 3.05) is 28.7 Å². The van der Waals surface area contributed by atoms with Crippen molar-refractivity contribution in [2.24, 2.45) is 0 Å². The maximum Gasteiger partial charge on any atom is 0.226 e. The Hall–Kier alpha value is -1.90. The van der Waals surface area contributed by atoms with E-state index >= 15 is 0 Å². The number of aromatic amines is 1. The molecule has 0 spiro atoms. The van der Waals surface area contributed by atoms with Crippen molar-refractivity contribution in [1.29, 1.82) is 0 Å². The molecule has 108 valence electrons. The summed E-state index contributed by atoms with van der Waals surface area (Å²) in [6.07, 6.45) is 2.24. The van der Waals surface area contributed by atoms with E-state index in [9.17, 15) is 8.42 Å². The van der Waals surface area contributed by atoms with Gasteiger partial charge in [0.2, 0.25) is 5.95 Å². The summed E-state index contributed by atoms with van der Waals surface area (Å²) in [7, 11) is -2.92. The molecule has 1 atom stereocenters. The second kappa shape index (κ2) is 4.89. The Kier molecular flexibility index (Phi) is 3.20. The van der Waals surface area contributed by atoms with Gasteiger partial charge in [0.1, 0.15) is 5.82 Å². The lowest BCUT2D eigenvalue weighted by atomic mass is 10.2. The van der Waals surface area contributed by atoms with Crippen LogP contribution in [0.1, 0.15) is 13.3 Å². The molecule has 1 fully saturated rings. The lowest BCUT2D eigenvalue weighted by Crippen LogP contribution is -2.21. The molecule has 3 N–H and O–H groups in total. The highest BCUT2D eigenvalue weighted by Gasteiger charge is 2.28. The van der Waals surface area contributed by atoms with Crippen LogP contribution in [0.3, 0.4) is 0 Å². The van der Waals surface area contributed by atoms with Gasteiger partial charge in [-0.15, -0.1) is 0 Å². The first-order valence-corrected chi connectivity index (χ1v) is 8.31. The SMILES string of the molecule is CCNc1nc(NC2CCS(=O)(=O)C2)c2cn[nH]c2n1. The molecule has 1 saturated heterocycles. The van der Waals surface area contributed by atoms with E-state index in [2.05, 4.69) is 30.8 Å². The van der Waals surface area contributed by atoms with E-state index < -0.39 is 9.84 Å². The maximum absolute atomic E-state index is 11.5. The molecule has 0 bridgehead atoms. The van der Waals surface area contributed by atoms with Crippen LogP contribution in [0, 0.1) is 0 Å². The second-order valence-electron chi connectivity index (χ2n) is 4.80. The third kappa shape index (κ3) is 2.53. The molecule has 2 aromatic rings. The predicted octanol–water partition coefficient (Wildman–Crippen LogP) is 0.384. The summed E-state index contributed by atoms with van der Waals surface area (Å²) in [6.45, 7) is 2.66. The van der Waals surface area contributed by atoms with Crippen LogP contribution in [-0.2, 0) is 9.84 Å². The number of H-pyrrole nitrogens is 1. The van der Waals surface area contributed by atoms with Crippen LogP contribution >= 0.6 is 0 Å². The van der Waals surface area contributed by atoms with Gasteiger partial charge in [0.25, 0.3) is 0 Å². The Morgan fingerprint density at radius 2 is 2.30 bits per heavy atom. The minimum Gasteiger partial charge on any atom is -0.366 e. The smallest absolute Gasteiger partial charge is 0.226 e. The molecule has 2 aromatic heterocycles. The van der Waals surface area contributed by atoms with Gasteiger partial charge in [0.15, 0.2) is 15.5 Å². The zero-order valence-corrected chi connectivity index (χ0v) is 11.9. The van der Waals surface area contributed by atoms with E-state index in [1.807, 2.05) is 6.92 Å². The summed E-state index contributed by atoms with van der Waals surface area (Å²) in [5, 5.41) is 13.8. The number of hydrogen-bond acceptors (Lipinski definition) is 7. The average Bonchev–Trinajstić information content (AvgIpc) is 2.96. The predicted molar refractivity (Wildman–Crippen MR) is 76.5 cm³/mol. The van der Waals surface area contributed by atoms with Gasteiger partial charge in [0.05, 0.1) is 23.1 Å². The summed E-state index contributed by atoms with van der Waals surface area (Å²) in [6, 6.07) is -0.109. The second-order valence-corrected chi connectivity index (χ2v) is 7.03. The van der Waals surface area contributed by atoms with E-state index in [0.717, 1.165) is 5.39 Å². The van der Waals surface area contributed by atoms with Crippen molar-refractivity contribution >= 4 is 32.6 Å². The molecule has 1 aliphatic rings. The Balaban J connectivity index is 1.91. The zero-order chi connectivity index (χ0) is 14.2. The third-order valence-corrected chi connectivity index (χ3v) is 4.99. The number of sulfone groups is 1. The largest absolute Gasteiger partial charge is 0.366 e. The van der Waals surface area contributed by atoms with Gasteiger partial charge in [0, 0.05) is 12.6 Å². The summed E-state index contributed by atoms with van der Waals surface area (Å²) < 4.78 is 23.0. The molecule has 9 heteroatoms. The number of nitrogens with one attached hydrogen (secondary N) is 3. The highest BCUT2D eigenvalue weighted by atomic mass is 32.2. The van der Waals surface area contributed by atoms with Crippen molar-refractivity contribution in [3.8, 4) is 0 Å². The minimum absolute atomic E-state index is 0.109. The number of rotatable bonds is 4. The standard InChI is InChI=1S/C11H16N6O2S/c1-2-12-11-15-9(8-5-13-17-10(8)16-11)14-7-3-4-20(18,19)6-7/h5,7H,2-4,6H2,1H3,(H3,12,13,14,15,16,17). The molecule has 0 radical (unpaired) electrons. The van der Waals surface area contributed by atoms with Gasteiger partial charge in [-0.2, -0.15) is 15.1 Å². The Morgan fingerprint density at radius 1 is 1.45 bits per heavy atom. The number of fused-ring (bicyclic) bond motifs is 1. The molecule has 3 heterocycles. The van der Waals surface area contributed by atoms with E-state index in [-0.39, 0.29) is 17.5 Å². The highest BCUT2D eigenvalue weighted by molar-refractivity contribution is 7.91. The van der Waals surface area contributed by atoms with Crippen LogP contribution < -0.4 is 10.6 Å². The minimum atomic E-state index is -2.92. The lowest BCUT2D eigenvalue weighted by molar-refractivity contribution is 0.602. The number of anilines is 2. The molecule has 0 aromatic carbocycles. The fourth-order valence-electron chi connectivity index (χ4n) is 2.28. The van der Waals surface area contributed by atoms with Gasteiger partial charge >= 0.3 is 0 Å². The summed E-state index contributed by atoms with van der Waals surface area (Å²) >= 11 is 0. The summed E-state index contributed by atoms with van der Waals surface area (Å²) in [5.74, 6) is 1.48. The number of hydrogen-bond donors (Lipinski definition) is 3. The first-order chi connectivity index (χ1) is 9.57. The highest BCUT2D eigenvalue weighted by Crippen LogP contribution is 2.23. The molecule has 0 amide bonds. The van der Waals surface area contributed by atoms with Gasteiger partial charge in [-0.3, -0.25) is 5.10 Å². The molecular formula is C11H16N6O2S. The van der Waals surface area contributed by atoms with Crippen molar-refractivity contribution in [2.45, 2.75) is 19.4 Å². The Bertz CT molecular complexity index is 726. The van der Waals surface area contributed by atoms with E-state index in [1.54, 1.807) is 6.20 Å². The molecular weight excluding hydrogens is 280 g/mol. The van der Waals surface area contributed by atoms with Crippen molar-refractivity contribution in [3.05, 3.63) is 6.20 Å². The Labute approximate surface area is 116 Å². The fourth-order valence-corrected chi connectivity index (χ4v) is 3.96. The molecule has 1 unspecified atom stereocenters. The van der Waals surface area contributed by atoms with Crippen molar-refractivity contribution < 1.29 is 8.42 Å². The maximum atomic E-state index is 11.5. The van der Waals surface area contributed by atoms with E-state index in [4.69, 9.17) is 0 Å². The summed E-state index contributed by atoms with van der Waals surface area (Å²) in [5.41, 5.74) is 0.624. The monoisotopic (exact) mass is 296 g/mol. The molecule has 0 aliphatic carbocycles. The van der Waals surface area contributed by atoms with Gasteiger partial charge < -0.3 is 10.6 Å². The van der Waals surface area contributed by atoms with Crippen LogP contribution in [0.25, 0.3) is 11.0 Å².